The predicted octanol–water partition coefficient (Wildman–Crippen LogP) is 3.28. The van der Waals surface area contributed by atoms with Gasteiger partial charge in [0.05, 0.1) is 11.1 Å². The Morgan fingerprint density at radius 2 is 2.21 bits per heavy atom. The number of nitrogens with two attached hydrogens (primary N) is 1. The molecule has 3 N–H and O–H groups in total. The molecule has 0 spiro atoms. The highest BCUT2D eigenvalue weighted by atomic mass is 35.5. The maximum atomic E-state index is 13.0. The number of aliphatic hydroxyl groups excluding tert-OH is 1. The van der Waals surface area contributed by atoms with Crippen molar-refractivity contribution in [1.29, 1.82) is 0 Å². The maximum absolute atomic E-state index is 13.0. The Labute approximate surface area is 119 Å². The van der Waals surface area contributed by atoms with Gasteiger partial charge in [0.1, 0.15) is 11.6 Å². The van der Waals surface area contributed by atoms with Crippen molar-refractivity contribution in [2.75, 3.05) is 11.5 Å². The van der Waals surface area contributed by atoms with Crippen LogP contribution in [0.1, 0.15) is 11.7 Å². The van der Waals surface area contributed by atoms with Gasteiger partial charge in [-0.25, -0.2) is 9.37 Å². The van der Waals surface area contributed by atoms with Crippen LogP contribution >= 0.6 is 23.4 Å². The van der Waals surface area contributed by atoms with Crippen LogP contribution < -0.4 is 5.73 Å². The molecule has 0 fully saturated rings. The molecule has 0 radical (unpaired) electrons. The highest BCUT2D eigenvalue weighted by molar-refractivity contribution is 7.99. The highest BCUT2D eigenvalue weighted by Crippen LogP contribution is 2.28. The van der Waals surface area contributed by atoms with E-state index in [1.807, 2.05) is 0 Å². The standard InChI is InChI=1S/C13H12ClFN2OS/c14-8-4-11(13(16)17-6-8)12(18)7-19-10-3-1-2-9(15)5-10/h1-6,12,18H,7H2,(H2,16,17). The molecule has 2 rings (SSSR count). The third kappa shape index (κ3) is 3.83. The molecule has 1 unspecified atom stereocenters. The summed E-state index contributed by atoms with van der Waals surface area (Å²) in [5.74, 6) is 0.288. The van der Waals surface area contributed by atoms with Crippen LogP contribution in [-0.2, 0) is 0 Å². The lowest BCUT2D eigenvalue weighted by molar-refractivity contribution is 0.204. The van der Waals surface area contributed by atoms with Crippen molar-refractivity contribution in [3.8, 4) is 0 Å². The van der Waals surface area contributed by atoms with Crippen molar-refractivity contribution in [3.05, 3.63) is 52.9 Å². The highest BCUT2D eigenvalue weighted by Gasteiger charge is 2.13. The number of nitrogen functional groups attached to an aromatic ring is 1. The monoisotopic (exact) mass is 298 g/mol. The molecule has 0 bridgehead atoms. The van der Waals surface area contributed by atoms with E-state index in [0.717, 1.165) is 4.90 Å². The fourth-order valence-electron chi connectivity index (χ4n) is 1.55. The zero-order valence-corrected chi connectivity index (χ0v) is 11.5. The molecule has 1 atom stereocenters. The number of halogens is 2. The minimum atomic E-state index is -0.806. The van der Waals surface area contributed by atoms with Crippen LogP contribution in [0.3, 0.4) is 0 Å². The van der Waals surface area contributed by atoms with Crippen LogP contribution in [-0.4, -0.2) is 15.8 Å². The van der Waals surface area contributed by atoms with Gasteiger partial charge in [0, 0.05) is 22.4 Å². The maximum Gasteiger partial charge on any atom is 0.129 e. The summed E-state index contributed by atoms with van der Waals surface area (Å²) in [6.45, 7) is 0. The van der Waals surface area contributed by atoms with Crippen molar-refractivity contribution in [1.82, 2.24) is 4.98 Å². The Bertz CT molecular complexity index is 582. The van der Waals surface area contributed by atoms with Crippen molar-refractivity contribution < 1.29 is 9.50 Å². The molecule has 1 heterocycles. The lowest BCUT2D eigenvalue weighted by Crippen LogP contribution is -2.06. The number of aromatic nitrogens is 1. The van der Waals surface area contributed by atoms with E-state index in [0.29, 0.717) is 16.3 Å². The third-order valence-corrected chi connectivity index (χ3v) is 3.76. The van der Waals surface area contributed by atoms with Crippen LogP contribution in [0, 0.1) is 5.82 Å². The zero-order chi connectivity index (χ0) is 13.8. The fraction of sp³-hybridized carbons (Fsp3) is 0.154. The molecule has 100 valence electrons. The number of aliphatic hydroxyl groups is 1. The minimum absolute atomic E-state index is 0.247. The second-order valence-corrected chi connectivity index (χ2v) is 5.44. The first-order valence-corrected chi connectivity index (χ1v) is 6.90. The Balaban J connectivity index is 2.05. The molecule has 0 aliphatic rings. The summed E-state index contributed by atoms with van der Waals surface area (Å²) < 4.78 is 13.0. The summed E-state index contributed by atoms with van der Waals surface area (Å²) in [6, 6.07) is 7.77. The van der Waals surface area contributed by atoms with Gasteiger partial charge in [-0.3, -0.25) is 0 Å². The molecule has 0 aliphatic heterocycles. The second-order valence-electron chi connectivity index (χ2n) is 3.91. The SMILES string of the molecule is Nc1ncc(Cl)cc1C(O)CSc1cccc(F)c1. The van der Waals surface area contributed by atoms with Gasteiger partial charge in [0.15, 0.2) is 0 Å². The van der Waals surface area contributed by atoms with E-state index < -0.39 is 6.10 Å². The summed E-state index contributed by atoms with van der Waals surface area (Å²) in [7, 11) is 0. The molecule has 0 saturated heterocycles. The van der Waals surface area contributed by atoms with E-state index in [-0.39, 0.29) is 11.6 Å². The molecule has 0 saturated carbocycles. The van der Waals surface area contributed by atoms with E-state index >= 15 is 0 Å². The summed E-state index contributed by atoms with van der Waals surface area (Å²) in [5, 5.41) is 10.5. The first kappa shape index (κ1) is 14.1. The molecule has 0 aliphatic carbocycles. The van der Waals surface area contributed by atoms with E-state index in [1.165, 1.54) is 30.1 Å². The molecule has 6 heteroatoms. The number of anilines is 1. The summed E-state index contributed by atoms with van der Waals surface area (Å²) in [4.78, 5) is 4.63. The fourth-order valence-corrected chi connectivity index (χ4v) is 2.62. The van der Waals surface area contributed by atoms with E-state index in [9.17, 15) is 9.50 Å². The van der Waals surface area contributed by atoms with Crippen LogP contribution in [0.15, 0.2) is 41.4 Å². The zero-order valence-electron chi connectivity index (χ0n) is 9.88. The average Bonchev–Trinajstić information content (AvgIpc) is 2.39. The molecule has 1 aromatic carbocycles. The van der Waals surface area contributed by atoms with Gasteiger partial charge < -0.3 is 10.8 Å². The second kappa shape index (κ2) is 6.23. The third-order valence-electron chi connectivity index (χ3n) is 2.48. The van der Waals surface area contributed by atoms with Gasteiger partial charge in [-0.2, -0.15) is 0 Å². The smallest absolute Gasteiger partial charge is 0.129 e. The Morgan fingerprint density at radius 3 is 2.95 bits per heavy atom. The predicted molar refractivity (Wildman–Crippen MR) is 75.7 cm³/mol. The molecule has 3 nitrogen and oxygen atoms in total. The summed E-state index contributed by atoms with van der Waals surface area (Å²) in [6.07, 6.45) is 0.617. The molecule has 1 aromatic heterocycles. The quantitative estimate of drug-likeness (QED) is 0.851. The number of thioether (sulfide) groups is 1. The van der Waals surface area contributed by atoms with Crippen molar-refractivity contribution in [3.63, 3.8) is 0 Å². The number of benzene rings is 1. The molecule has 0 amide bonds. The first-order chi connectivity index (χ1) is 9.06. The number of pyridine rings is 1. The number of rotatable bonds is 4. The topological polar surface area (TPSA) is 59.1 Å². The lowest BCUT2D eigenvalue weighted by Gasteiger charge is -2.12. The van der Waals surface area contributed by atoms with Gasteiger partial charge >= 0.3 is 0 Å². The van der Waals surface area contributed by atoms with Crippen LogP contribution in [0.5, 0.6) is 0 Å². The van der Waals surface area contributed by atoms with E-state index in [1.54, 1.807) is 18.2 Å². The van der Waals surface area contributed by atoms with Crippen LogP contribution in [0.25, 0.3) is 0 Å². The van der Waals surface area contributed by atoms with Gasteiger partial charge in [-0.05, 0) is 24.3 Å². The summed E-state index contributed by atoms with van der Waals surface area (Å²) >= 11 is 7.15. The van der Waals surface area contributed by atoms with Gasteiger partial charge in [0.2, 0.25) is 0 Å². The average molecular weight is 299 g/mol. The molecule has 19 heavy (non-hydrogen) atoms. The van der Waals surface area contributed by atoms with Crippen molar-refractivity contribution >= 4 is 29.2 Å². The van der Waals surface area contributed by atoms with Gasteiger partial charge in [-0.1, -0.05) is 17.7 Å². The number of hydrogen-bond donors (Lipinski definition) is 2. The van der Waals surface area contributed by atoms with Crippen molar-refractivity contribution in [2.45, 2.75) is 11.0 Å². The summed E-state index contributed by atoms with van der Waals surface area (Å²) in [5.41, 5.74) is 6.17. The number of nitrogens with zero attached hydrogens (tertiary/aromatic N) is 1. The Hall–Kier alpha value is -1.30. The van der Waals surface area contributed by atoms with Crippen molar-refractivity contribution in [2.24, 2.45) is 0 Å². The molecular weight excluding hydrogens is 287 g/mol. The number of hydrogen-bond acceptors (Lipinski definition) is 4. The lowest BCUT2D eigenvalue weighted by atomic mass is 10.1. The normalized spacial score (nSPS) is 12.4. The Morgan fingerprint density at radius 1 is 1.42 bits per heavy atom. The van der Waals surface area contributed by atoms with E-state index in [4.69, 9.17) is 17.3 Å². The largest absolute Gasteiger partial charge is 0.387 e. The van der Waals surface area contributed by atoms with Crippen LogP contribution in [0.4, 0.5) is 10.2 Å². The minimum Gasteiger partial charge on any atom is -0.387 e. The first-order valence-electron chi connectivity index (χ1n) is 5.53. The van der Waals surface area contributed by atoms with Crippen LogP contribution in [0.2, 0.25) is 5.02 Å². The van der Waals surface area contributed by atoms with E-state index in [2.05, 4.69) is 4.98 Å². The van der Waals surface area contributed by atoms with Gasteiger partial charge in [-0.15, -0.1) is 11.8 Å². The van der Waals surface area contributed by atoms with Gasteiger partial charge in [0.25, 0.3) is 0 Å². The Kier molecular flexibility index (Phi) is 4.63. The molecule has 2 aromatic rings. The molecular formula is C13H12ClFN2OS.